The number of nitrogens with one attached hydrogen (secondary N) is 1. The molecule has 3 aromatic rings. The van der Waals surface area contributed by atoms with Crippen LogP contribution in [0.5, 0.6) is 5.75 Å². The maximum Gasteiger partial charge on any atom is 0.225 e. The molecule has 1 amide bonds. The van der Waals surface area contributed by atoms with Crippen LogP contribution in [0.2, 0.25) is 0 Å². The summed E-state index contributed by atoms with van der Waals surface area (Å²) in [5.74, 6) is 1.12. The number of pyridine rings is 1. The zero-order valence-corrected chi connectivity index (χ0v) is 13.9. The largest absolute Gasteiger partial charge is 0.489 e. The molecule has 4 heteroatoms. The second-order valence-corrected chi connectivity index (χ2v) is 5.68. The monoisotopic (exact) mass is 332 g/mol. The van der Waals surface area contributed by atoms with Crippen molar-refractivity contribution >= 4 is 11.7 Å². The standard InChI is InChI=1S/C21H20N2O2/c24-21(12-11-17-7-3-1-4-8-17)23-20-15-19(13-14-22-20)25-16-18-9-5-2-6-10-18/h1-10,13-15H,11-12,16H2,(H,22,23,24). The lowest BCUT2D eigenvalue weighted by Crippen LogP contribution is -2.13. The van der Waals surface area contributed by atoms with Gasteiger partial charge in [-0.25, -0.2) is 4.98 Å². The summed E-state index contributed by atoms with van der Waals surface area (Å²) in [6, 6.07) is 23.4. The van der Waals surface area contributed by atoms with E-state index in [0.29, 0.717) is 31.0 Å². The van der Waals surface area contributed by atoms with E-state index in [9.17, 15) is 4.79 Å². The van der Waals surface area contributed by atoms with Crippen molar-refractivity contribution in [1.82, 2.24) is 4.98 Å². The van der Waals surface area contributed by atoms with Crippen LogP contribution in [-0.2, 0) is 17.8 Å². The summed E-state index contributed by atoms with van der Waals surface area (Å²) in [7, 11) is 0. The van der Waals surface area contributed by atoms with Crippen LogP contribution >= 0.6 is 0 Å². The Labute approximate surface area is 147 Å². The van der Waals surface area contributed by atoms with Gasteiger partial charge in [0.2, 0.25) is 5.91 Å². The Bertz CT molecular complexity index is 804. The van der Waals surface area contributed by atoms with Gasteiger partial charge in [-0.3, -0.25) is 4.79 Å². The van der Waals surface area contributed by atoms with Crippen molar-refractivity contribution < 1.29 is 9.53 Å². The van der Waals surface area contributed by atoms with Crippen LogP contribution in [0.1, 0.15) is 17.5 Å². The van der Waals surface area contributed by atoms with Crippen LogP contribution in [-0.4, -0.2) is 10.9 Å². The minimum absolute atomic E-state index is 0.0587. The van der Waals surface area contributed by atoms with Crippen LogP contribution in [0, 0.1) is 0 Å². The molecule has 0 aliphatic rings. The van der Waals surface area contributed by atoms with E-state index in [1.165, 1.54) is 0 Å². The number of carbonyl (C=O) groups excluding carboxylic acids is 1. The average Bonchev–Trinajstić information content (AvgIpc) is 2.67. The zero-order valence-electron chi connectivity index (χ0n) is 13.9. The van der Waals surface area contributed by atoms with Gasteiger partial charge in [0.25, 0.3) is 0 Å². The first-order chi connectivity index (χ1) is 12.3. The van der Waals surface area contributed by atoms with E-state index < -0.39 is 0 Å². The predicted molar refractivity (Wildman–Crippen MR) is 98.4 cm³/mol. The quantitative estimate of drug-likeness (QED) is 0.704. The Morgan fingerprint density at radius 3 is 2.32 bits per heavy atom. The summed E-state index contributed by atoms with van der Waals surface area (Å²) < 4.78 is 5.75. The van der Waals surface area contributed by atoms with E-state index in [1.807, 2.05) is 60.7 Å². The van der Waals surface area contributed by atoms with Crippen LogP contribution in [0.15, 0.2) is 79.0 Å². The van der Waals surface area contributed by atoms with E-state index in [-0.39, 0.29) is 5.91 Å². The van der Waals surface area contributed by atoms with Crippen LogP contribution < -0.4 is 10.1 Å². The van der Waals surface area contributed by atoms with Crippen molar-refractivity contribution in [3.05, 3.63) is 90.1 Å². The number of rotatable bonds is 7. The maximum atomic E-state index is 12.1. The molecule has 0 spiro atoms. The van der Waals surface area contributed by atoms with E-state index in [4.69, 9.17) is 4.74 Å². The summed E-state index contributed by atoms with van der Waals surface area (Å²) in [4.78, 5) is 16.3. The Hall–Kier alpha value is -3.14. The number of ether oxygens (including phenoxy) is 1. The zero-order chi connectivity index (χ0) is 17.3. The number of amides is 1. The summed E-state index contributed by atoms with van der Waals surface area (Å²) in [5, 5.41) is 2.82. The van der Waals surface area contributed by atoms with Gasteiger partial charge in [0.1, 0.15) is 18.2 Å². The van der Waals surface area contributed by atoms with Crippen molar-refractivity contribution in [3.63, 3.8) is 0 Å². The maximum absolute atomic E-state index is 12.1. The molecular weight excluding hydrogens is 312 g/mol. The molecule has 2 aromatic carbocycles. The van der Waals surface area contributed by atoms with Crippen LogP contribution in [0.25, 0.3) is 0 Å². The summed E-state index contributed by atoms with van der Waals surface area (Å²) in [5.41, 5.74) is 2.23. The molecule has 0 unspecified atom stereocenters. The second-order valence-electron chi connectivity index (χ2n) is 5.68. The van der Waals surface area contributed by atoms with Gasteiger partial charge in [0.05, 0.1) is 0 Å². The van der Waals surface area contributed by atoms with Gasteiger partial charge in [0.15, 0.2) is 0 Å². The number of nitrogens with zero attached hydrogens (tertiary/aromatic N) is 1. The highest BCUT2D eigenvalue weighted by Gasteiger charge is 2.05. The highest BCUT2D eigenvalue weighted by atomic mass is 16.5. The van der Waals surface area contributed by atoms with Gasteiger partial charge in [0, 0.05) is 18.7 Å². The first-order valence-electron chi connectivity index (χ1n) is 8.26. The predicted octanol–water partition coefficient (Wildman–Crippen LogP) is 4.23. The molecule has 4 nitrogen and oxygen atoms in total. The third kappa shape index (κ3) is 5.46. The lowest BCUT2D eigenvalue weighted by Gasteiger charge is -2.09. The fraction of sp³-hybridized carbons (Fsp3) is 0.143. The lowest BCUT2D eigenvalue weighted by molar-refractivity contribution is -0.116. The molecule has 1 aromatic heterocycles. The molecule has 3 rings (SSSR count). The summed E-state index contributed by atoms with van der Waals surface area (Å²) in [6.07, 6.45) is 2.75. The third-order valence-corrected chi connectivity index (χ3v) is 3.73. The normalized spacial score (nSPS) is 10.2. The summed E-state index contributed by atoms with van der Waals surface area (Å²) >= 11 is 0. The fourth-order valence-electron chi connectivity index (χ4n) is 2.42. The molecule has 0 bridgehead atoms. The number of carbonyl (C=O) groups is 1. The molecular formula is C21H20N2O2. The molecule has 0 aliphatic heterocycles. The molecule has 0 radical (unpaired) electrons. The number of hydrogen-bond acceptors (Lipinski definition) is 3. The minimum Gasteiger partial charge on any atom is -0.489 e. The molecule has 0 atom stereocenters. The molecule has 0 saturated heterocycles. The van der Waals surface area contributed by atoms with E-state index in [2.05, 4.69) is 10.3 Å². The highest BCUT2D eigenvalue weighted by molar-refractivity contribution is 5.90. The molecule has 1 N–H and O–H groups in total. The topological polar surface area (TPSA) is 51.2 Å². The molecule has 0 aliphatic carbocycles. The smallest absolute Gasteiger partial charge is 0.225 e. The Balaban J connectivity index is 1.51. The fourth-order valence-corrected chi connectivity index (χ4v) is 2.42. The van der Waals surface area contributed by atoms with Crippen molar-refractivity contribution in [1.29, 1.82) is 0 Å². The van der Waals surface area contributed by atoms with Gasteiger partial charge >= 0.3 is 0 Å². The Kier molecular flexibility index (Phi) is 5.77. The number of aromatic nitrogens is 1. The van der Waals surface area contributed by atoms with Gasteiger partial charge in [-0.15, -0.1) is 0 Å². The van der Waals surface area contributed by atoms with E-state index >= 15 is 0 Å². The van der Waals surface area contributed by atoms with Crippen molar-refractivity contribution in [2.75, 3.05) is 5.32 Å². The lowest BCUT2D eigenvalue weighted by atomic mass is 10.1. The van der Waals surface area contributed by atoms with Crippen molar-refractivity contribution in [3.8, 4) is 5.75 Å². The Morgan fingerprint density at radius 2 is 1.60 bits per heavy atom. The molecule has 126 valence electrons. The number of anilines is 1. The number of hydrogen-bond donors (Lipinski definition) is 1. The number of aryl methyl sites for hydroxylation is 1. The minimum atomic E-state index is -0.0587. The SMILES string of the molecule is O=C(CCc1ccccc1)Nc1cc(OCc2ccccc2)ccn1. The van der Waals surface area contributed by atoms with Gasteiger partial charge in [-0.1, -0.05) is 60.7 Å². The molecule has 1 heterocycles. The van der Waals surface area contributed by atoms with Gasteiger partial charge in [-0.05, 0) is 23.6 Å². The van der Waals surface area contributed by atoms with Gasteiger partial charge < -0.3 is 10.1 Å². The van der Waals surface area contributed by atoms with Crippen molar-refractivity contribution in [2.45, 2.75) is 19.4 Å². The second kappa shape index (κ2) is 8.64. The first kappa shape index (κ1) is 16.7. The first-order valence-corrected chi connectivity index (χ1v) is 8.26. The van der Waals surface area contributed by atoms with Crippen LogP contribution in [0.4, 0.5) is 5.82 Å². The molecule has 25 heavy (non-hydrogen) atoms. The number of benzene rings is 2. The Morgan fingerprint density at radius 1 is 0.920 bits per heavy atom. The van der Waals surface area contributed by atoms with Crippen molar-refractivity contribution in [2.24, 2.45) is 0 Å². The van der Waals surface area contributed by atoms with E-state index in [1.54, 1.807) is 18.3 Å². The van der Waals surface area contributed by atoms with Gasteiger partial charge in [-0.2, -0.15) is 0 Å². The molecule has 0 fully saturated rings. The van der Waals surface area contributed by atoms with Crippen LogP contribution in [0.3, 0.4) is 0 Å². The average molecular weight is 332 g/mol. The third-order valence-electron chi connectivity index (χ3n) is 3.73. The summed E-state index contributed by atoms with van der Waals surface area (Å²) in [6.45, 7) is 0.478. The molecule has 0 saturated carbocycles. The highest BCUT2D eigenvalue weighted by Crippen LogP contribution is 2.16. The van der Waals surface area contributed by atoms with E-state index in [0.717, 1.165) is 11.1 Å².